The van der Waals surface area contributed by atoms with Gasteiger partial charge in [0.15, 0.2) is 5.78 Å². The average Bonchev–Trinajstić information content (AvgIpc) is 3.25. The van der Waals surface area contributed by atoms with Gasteiger partial charge in [-0.3, -0.25) is 9.59 Å². The SMILES string of the molecule is COC(=O)[C@@]12O[C@@H]1[C@H](O)C[C@@]1(C)CC(=O)[C@H](CC(=O)C[C@@H]3C[C@H]2O[C@@]3(C)CCl)O1. The molecule has 4 saturated heterocycles. The second-order valence-electron chi connectivity index (χ2n) is 9.23. The third-order valence-electron chi connectivity index (χ3n) is 6.92. The van der Waals surface area contributed by atoms with E-state index in [1.807, 2.05) is 0 Å². The fourth-order valence-electron chi connectivity index (χ4n) is 5.26. The molecule has 8 nitrogen and oxygen atoms in total. The smallest absolute Gasteiger partial charge is 0.343 e. The van der Waals surface area contributed by atoms with Gasteiger partial charge in [0, 0.05) is 25.7 Å². The zero-order valence-electron chi connectivity index (χ0n) is 16.8. The van der Waals surface area contributed by atoms with Crippen molar-refractivity contribution in [3.8, 4) is 0 Å². The van der Waals surface area contributed by atoms with E-state index in [1.54, 1.807) is 13.8 Å². The maximum atomic E-state index is 12.7. The highest BCUT2D eigenvalue weighted by atomic mass is 35.5. The number of fused-ring (bicyclic) bond motifs is 6. The molecule has 0 radical (unpaired) electrons. The zero-order chi connectivity index (χ0) is 21.2. The number of hydrogen-bond acceptors (Lipinski definition) is 8. The lowest BCUT2D eigenvalue weighted by Gasteiger charge is -2.30. The van der Waals surface area contributed by atoms with Crippen LogP contribution in [0.2, 0.25) is 0 Å². The number of carbonyl (C=O) groups is 3. The fraction of sp³-hybridized carbons (Fsp3) is 0.850. The first-order valence-corrected chi connectivity index (χ1v) is 10.5. The lowest BCUT2D eigenvalue weighted by molar-refractivity contribution is -0.155. The number of ketones is 2. The van der Waals surface area contributed by atoms with Crippen LogP contribution < -0.4 is 0 Å². The number of methoxy groups -OCH3 is 1. The molecule has 0 aromatic rings. The van der Waals surface area contributed by atoms with E-state index in [0.717, 1.165) is 0 Å². The van der Waals surface area contributed by atoms with Crippen LogP contribution in [-0.2, 0) is 33.3 Å². The van der Waals surface area contributed by atoms with Crippen molar-refractivity contribution in [2.75, 3.05) is 13.0 Å². The Morgan fingerprint density at radius 3 is 2.62 bits per heavy atom. The lowest BCUT2D eigenvalue weighted by Crippen LogP contribution is -2.46. The third kappa shape index (κ3) is 3.33. The van der Waals surface area contributed by atoms with Crippen LogP contribution in [0.1, 0.15) is 46.0 Å². The van der Waals surface area contributed by atoms with E-state index in [0.29, 0.717) is 6.42 Å². The van der Waals surface area contributed by atoms with Crippen molar-refractivity contribution < 1.29 is 38.4 Å². The molecule has 4 heterocycles. The normalized spacial score (nSPS) is 49.6. The Morgan fingerprint density at radius 1 is 1.24 bits per heavy atom. The maximum absolute atomic E-state index is 12.7. The quantitative estimate of drug-likeness (QED) is 0.391. The highest BCUT2D eigenvalue weighted by Crippen LogP contribution is 2.54. The number of alkyl halides is 1. The van der Waals surface area contributed by atoms with Gasteiger partial charge in [0.2, 0.25) is 5.60 Å². The van der Waals surface area contributed by atoms with E-state index in [9.17, 15) is 19.5 Å². The Bertz CT molecular complexity index is 742. The molecular formula is C20H27ClO8. The zero-order valence-corrected chi connectivity index (χ0v) is 17.6. The van der Waals surface area contributed by atoms with Crippen LogP contribution in [0.15, 0.2) is 0 Å². The van der Waals surface area contributed by atoms with Crippen molar-refractivity contribution >= 4 is 29.1 Å². The van der Waals surface area contributed by atoms with Crippen molar-refractivity contribution in [3.05, 3.63) is 0 Å². The first-order valence-electron chi connectivity index (χ1n) is 9.97. The molecule has 0 spiro atoms. The summed E-state index contributed by atoms with van der Waals surface area (Å²) < 4.78 is 22.8. The summed E-state index contributed by atoms with van der Waals surface area (Å²) in [6, 6.07) is 0. The van der Waals surface area contributed by atoms with Gasteiger partial charge in [0.1, 0.15) is 24.1 Å². The number of halogens is 1. The number of aliphatic hydroxyl groups is 1. The number of rotatable bonds is 2. The number of carbonyl (C=O) groups excluding carboxylic acids is 3. The highest BCUT2D eigenvalue weighted by molar-refractivity contribution is 6.18. The molecule has 9 heteroatoms. The van der Waals surface area contributed by atoms with E-state index >= 15 is 0 Å². The fourth-order valence-corrected chi connectivity index (χ4v) is 5.54. The molecule has 162 valence electrons. The van der Waals surface area contributed by atoms with Gasteiger partial charge in [0.05, 0.1) is 30.3 Å². The van der Waals surface area contributed by atoms with Gasteiger partial charge >= 0.3 is 5.97 Å². The highest BCUT2D eigenvalue weighted by Gasteiger charge is 2.74. The summed E-state index contributed by atoms with van der Waals surface area (Å²) >= 11 is 6.17. The number of hydrogen-bond donors (Lipinski definition) is 1. The minimum absolute atomic E-state index is 0.00781. The molecule has 4 fully saturated rings. The summed E-state index contributed by atoms with van der Waals surface area (Å²) in [5.41, 5.74) is -3.22. The minimum atomic E-state index is -1.45. The van der Waals surface area contributed by atoms with Crippen LogP contribution >= 0.6 is 11.6 Å². The van der Waals surface area contributed by atoms with Gasteiger partial charge in [-0.15, -0.1) is 11.6 Å². The van der Waals surface area contributed by atoms with Crippen molar-refractivity contribution in [1.82, 2.24) is 0 Å². The average molecular weight is 431 g/mol. The molecule has 4 bridgehead atoms. The molecule has 0 aliphatic carbocycles. The number of esters is 1. The molecule has 0 unspecified atom stereocenters. The van der Waals surface area contributed by atoms with Gasteiger partial charge in [-0.2, -0.15) is 0 Å². The molecule has 0 aromatic heterocycles. The van der Waals surface area contributed by atoms with Crippen LogP contribution in [0.5, 0.6) is 0 Å². The second-order valence-corrected chi connectivity index (χ2v) is 9.49. The topological polar surface area (TPSA) is 112 Å². The number of ether oxygens (including phenoxy) is 4. The van der Waals surface area contributed by atoms with E-state index in [1.165, 1.54) is 7.11 Å². The molecule has 0 aromatic carbocycles. The Hall–Kier alpha value is -1.06. The Labute approximate surface area is 174 Å². The summed E-state index contributed by atoms with van der Waals surface area (Å²) in [7, 11) is 1.25. The van der Waals surface area contributed by atoms with E-state index in [2.05, 4.69) is 0 Å². The van der Waals surface area contributed by atoms with Gasteiger partial charge in [-0.25, -0.2) is 4.79 Å². The molecule has 8 atom stereocenters. The Morgan fingerprint density at radius 2 is 1.97 bits per heavy atom. The molecule has 0 amide bonds. The molecule has 1 N–H and O–H groups in total. The van der Waals surface area contributed by atoms with Gasteiger partial charge in [0.25, 0.3) is 0 Å². The van der Waals surface area contributed by atoms with Crippen molar-refractivity contribution in [2.24, 2.45) is 5.92 Å². The van der Waals surface area contributed by atoms with E-state index in [4.69, 9.17) is 30.5 Å². The molecule has 4 aliphatic rings. The van der Waals surface area contributed by atoms with Gasteiger partial charge in [-0.1, -0.05) is 0 Å². The van der Waals surface area contributed by atoms with Crippen LogP contribution in [0.25, 0.3) is 0 Å². The Kier molecular flexibility index (Phi) is 5.10. The van der Waals surface area contributed by atoms with E-state index in [-0.39, 0.29) is 49.0 Å². The standard InChI is InChI=1S/C20H27ClO8/c1-18-7-12(23)14(27-18)6-11(22)4-10-5-15(28-19(10,2)9-21)20(17(25)26-3)16(29-20)13(24)8-18/h10,13-16,24H,4-9H2,1-3H3/t10-,13-,14+,15-,16-,18-,19+,20+/m1/s1. The monoisotopic (exact) mass is 430 g/mol. The summed E-state index contributed by atoms with van der Waals surface area (Å²) in [5.74, 6) is -1.02. The van der Waals surface area contributed by atoms with Gasteiger partial charge < -0.3 is 24.1 Å². The number of Topliss-reactive ketones (excluding diaryl/α,β-unsaturated/α-hetero) is 2. The second kappa shape index (κ2) is 6.99. The van der Waals surface area contributed by atoms with Gasteiger partial charge in [-0.05, 0) is 26.2 Å². The van der Waals surface area contributed by atoms with Crippen LogP contribution in [0.3, 0.4) is 0 Å². The minimum Gasteiger partial charge on any atom is -0.467 e. The van der Waals surface area contributed by atoms with Crippen LogP contribution in [0, 0.1) is 5.92 Å². The Balaban J connectivity index is 1.71. The lowest BCUT2D eigenvalue weighted by atomic mass is 9.81. The maximum Gasteiger partial charge on any atom is 0.343 e. The van der Waals surface area contributed by atoms with Crippen LogP contribution in [-0.4, -0.2) is 76.9 Å². The molecular weight excluding hydrogens is 404 g/mol. The first kappa shape index (κ1) is 21.2. The predicted octanol–water partition coefficient (Wildman–Crippen LogP) is 0.930. The van der Waals surface area contributed by atoms with Crippen molar-refractivity contribution in [3.63, 3.8) is 0 Å². The number of epoxide rings is 1. The molecule has 4 aliphatic heterocycles. The molecule has 0 saturated carbocycles. The summed E-state index contributed by atoms with van der Waals surface area (Å²) in [6.07, 6.45) is -2.70. The summed E-state index contributed by atoms with van der Waals surface area (Å²) in [4.78, 5) is 37.8. The third-order valence-corrected chi connectivity index (χ3v) is 7.45. The first-order chi connectivity index (χ1) is 13.6. The summed E-state index contributed by atoms with van der Waals surface area (Å²) in [5, 5.41) is 10.8. The largest absolute Gasteiger partial charge is 0.467 e. The van der Waals surface area contributed by atoms with Crippen molar-refractivity contribution in [1.29, 1.82) is 0 Å². The molecule has 29 heavy (non-hydrogen) atoms. The summed E-state index contributed by atoms with van der Waals surface area (Å²) in [6.45, 7) is 3.53. The van der Waals surface area contributed by atoms with Crippen molar-refractivity contribution in [2.45, 2.75) is 87.2 Å². The van der Waals surface area contributed by atoms with Crippen LogP contribution in [0.4, 0.5) is 0 Å². The molecule has 4 rings (SSSR count). The number of aliphatic hydroxyl groups excluding tert-OH is 1. The van der Waals surface area contributed by atoms with E-state index < -0.39 is 47.2 Å². The predicted molar refractivity (Wildman–Crippen MR) is 99.5 cm³/mol.